The molecule has 4 aromatic rings. The van der Waals surface area contributed by atoms with Gasteiger partial charge >= 0.3 is 5.97 Å². The molecule has 6 nitrogen and oxygen atoms in total. The van der Waals surface area contributed by atoms with E-state index in [1.54, 1.807) is 35.3 Å². The zero-order valence-corrected chi connectivity index (χ0v) is 21.1. The van der Waals surface area contributed by atoms with Crippen LogP contribution in [0.25, 0.3) is 21.8 Å². The van der Waals surface area contributed by atoms with Gasteiger partial charge in [-0.05, 0) is 56.7 Å². The Hall–Kier alpha value is -3.97. The maximum Gasteiger partial charge on any atom is 0.338 e. The average Bonchev–Trinajstić information content (AvgIpc) is 3.37. The minimum absolute atomic E-state index is 0.119. The molecular formula is C29H26N2O4S. The molecular weight excluding hydrogens is 472 g/mol. The number of esters is 1. The zero-order chi connectivity index (χ0) is 25.2. The van der Waals surface area contributed by atoms with E-state index in [1.165, 1.54) is 0 Å². The fourth-order valence-electron chi connectivity index (χ4n) is 4.06. The van der Waals surface area contributed by atoms with Gasteiger partial charge in [0.1, 0.15) is 10.8 Å². The monoisotopic (exact) mass is 498 g/mol. The average molecular weight is 499 g/mol. The van der Waals surface area contributed by atoms with Gasteiger partial charge in [-0.2, -0.15) is 0 Å². The highest BCUT2D eigenvalue weighted by atomic mass is 32.1. The van der Waals surface area contributed by atoms with E-state index in [9.17, 15) is 9.59 Å². The summed E-state index contributed by atoms with van der Waals surface area (Å²) in [6.07, 6.45) is -0.774. The summed E-state index contributed by atoms with van der Waals surface area (Å²) < 4.78 is 11.2. The lowest BCUT2D eigenvalue weighted by atomic mass is 10.1. The normalized spacial score (nSPS) is 14.9. The van der Waals surface area contributed by atoms with Crippen molar-refractivity contribution in [2.75, 3.05) is 4.90 Å². The molecule has 0 saturated heterocycles. The lowest BCUT2D eigenvalue weighted by Crippen LogP contribution is -2.44. The summed E-state index contributed by atoms with van der Waals surface area (Å²) in [5.41, 5.74) is 4.91. The first kappa shape index (κ1) is 23.8. The maximum atomic E-state index is 13.1. The minimum Gasteiger partial charge on any atom is -0.479 e. The molecule has 36 heavy (non-hydrogen) atoms. The number of ether oxygens (including phenoxy) is 2. The van der Waals surface area contributed by atoms with E-state index < -0.39 is 6.10 Å². The van der Waals surface area contributed by atoms with Crippen molar-refractivity contribution in [2.45, 2.75) is 39.5 Å². The van der Waals surface area contributed by atoms with Crippen molar-refractivity contribution in [3.05, 3.63) is 89.3 Å². The molecule has 7 heteroatoms. The molecule has 5 rings (SSSR count). The lowest BCUT2D eigenvalue weighted by molar-refractivity contribution is -0.125. The van der Waals surface area contributed by atoms with E-state index in [4.69, 9.17) is 14.5 Å². The summed E-state index contributed by atoms with van der Waals surface area (Å²) in [6, 6.07) is 23.0. The summed E-state index contributed by atoms with van der Waals surface area (Å²) in [6.45, 7) is 5.74. The van der Waals surface area contributed by atoms with E-state index in [-0.39, 0.29) is 18.0 Å². The number of benzene rings is 3. The number of anilines is 1. The van der Waals surface area contributed by atoms with Gasteiger partial charge in [-0.3, -0.25) is 4.79 Å². The summed E-state index contributed by atoms with van der Waals surface area (Å²) in [7, 11) is 0. The molecule has 3 aromatic carbocycles. The van der Waals surface area contributed by atoms with Crippen molar-refractivity contribution >= 4 is 28.9 Å². The standard InChI is InChI=1S/C29H26N2O4S/c1-18(2)34-29(33)22-11-9-20(10-12-22)16-31-25-15-23(13-14-26(25)35-19(3)28(31)32)24-17-36-27(30-24)21-7-5-4-6-8-21/h4-15,17-19H,16H2,1-3H3. The molecule has 0 fully saturated rings. The zero-order valence-electron chi connectivity index (χ0n) is 20.3. The molecule has 1 aliphatic heterocycles. The predicted octanol–water partition coefficient (Wildman–Crippen LogP) is 6.36. The summed E-state index contributed by atoms with van der Waals surface area (Å²) in [5.74, 6) is 0.174. The van der Waals surface area contributed by atoms with E-state index in [2.05, 4.69) is 0 Å². The molecule has 182 valence electrons. The SMILES string of the molecule is CC(C)OC(=O)c1ccc(CN2C(=O)C(C)Oc3ccc(-c4csc(-c5ccccc5)n4)cc32)cc1. The van der Waals surface area contributed by atoms with Gasteiger partial charge < -0.3 is 14.4 Å². The van der Waals surface area contributed by atoms with Gasteiger partial charge in [0.2, 0.25) is 0 Å². The predicted molar refractivity (Wildman–Crippen MR) is 141 cm³/mol. The van der Waals surface area contributed by atoms with Gasteiger partial charge in [0.05, 0.1) is 29.6 Å². The topological polar surface area (TPSA) is 68.7 Å². The van der Waals surface area contributed by atoms with Crippen LogP contribution in [0.3, 0.4) is 0 Å². The quantitative estimate of drug-likeness (QED) is 0.290. The summed E-state index contributed by atoms with van der Waals surface area (Å²) >= 11 is 1.59. The van der Waals surface area contributed by atoms with E-state index in [1.807, 2.05) is 79.9 Å². The van der Waals surface area contributed by atoms with E-state index in [0.29, 0.717) is 23.5 Å². The van der Waals surface area contributed by atoms with Crippen molar-refractivity contribution in [3.8, 4) is 27.6 Å². The number of carbonyl (C=O) groups is 2. The van der Waals surface area contributed by atoms with Gasteiger partial charge in [0.15, 0.2) is 6.10 Å². The number of amides is 1. The van der Waals surface area contributed by atoms with Gasteiger partial charge in [0.25, 0.3) is 5.91 Å². The Balaban J connectivity index is 1.43. The molecule has 0 saturated carbocycles. The first-order valence-corrected chi connectivity index (χ1v) is 12.7. The van der Waals surface area contributed by atoms with E-state index >= 15 is 0 Å². The molecule has 1 aliphatic rings. The second-order valence-corrected chi connectivity index (χ2v) is 9.78. The Kier molecular flexibility index (Phi) is 6.57. The van der Waals surface area contributed by atoms with Crippen molar-refractivity contribution < 1.29 is 19.1 Å². The maximum absolute atomic E-state index is 13.1. The molecule has 0 spiro atoms. The Morgan fingerprint density at radius 1 is 1.06 bits per heavy atom. The Bertz CT molecular complexity index is 1400. The largest absolute Gasteiger partial charge is 0.479 e. The Morgan fingerprint density at radius 2 is 1.81 bits per heavy atom. The number of rotatable bonds is 6. The van der Waals surface area contributed by atoms with Gasteiger partial charge in [-0.15, -0.1) is 11.3 Å². The first-order valence-electron chi connectivity index (χ1n) is 11.8. The molecule has 1 unspecified atom stereocenters. The third-order valence-corrected chi connectivity index (χ3v) is 6.75. The van der Waals surface area contributed by atoms with Crippen LogP contribution in [0.5, 0.6) is 5.75 Å². The summed E-state index contributed by atoms with van der Waals surface area (Å²) in [5, 5.41) is 2.97. The van der Waals surface area contributed by atoms with Crippen LogP contribution in [0.15, 0.2) is 78.2 Å². The Labute approximate surface area is 214 Å². The van der Waals surface area contributed by atoms with Crippen LogP contribution >= 0.6 is 11.3 Å². The number of carbonyl (C=O) groups excluding carboxylic acids is 2. The van der Waals surface area contributed by atoms with Crippen LogP contribution in [-0.2, 0) is 16.1 Å². The van der Waals surface area contributed by atoms with Crippen LogP contribution in [0, 0.1) is 0 Å². The highest BCUT2D eigenvalue weighted by molar-refractivity contribution is 7.13. The summed E-state index contributed by atoms with van der Waals surface area (Å²) in [4.78, 5) is 31.9. The van der Waals surface area contributed by atoms with Crippen LogP contribution in [0.4, 0.5) is 5.69 Å². The highest BCUT2D eigenvalue weighted by Crippen LogP contribution is 2.39. The molecule has 1 atom stereocenters. The molecule has 0 aliphatic carbocycles. The number of fused-ring (bicyclic) bond motifs is 1. The molecule has 1 aromatic heterocycles. The highest BCUT2D eigenvalue weighted by Gasteiger charge is 2.32. The van der Waals surface area contributed by atoms with Gasteiger partial charge in [-0.25, -0.2) is 9.78 Å². The number of hydrogen-bond donors (Lipinski definition) is 0. The van der Waals surface area contributed by atoms with Crippen LogP contribution < -0.4 is 9.64 Å². The van der Waals surface area contributed by atoms with Gasteiger partial charge in [-0.1, -0.05) is 42.5 Å². The number of thiazole rings is 1. The number of aromatic nitrogens is 1. The molecule has 0 N–H and O–H groups in total. The number of hydrogen-bond acceptors (Lipinski definition) is 6. The van der Waals surface area contributed by atoms with Crippen molar-refractivity contribution in [1.29, 1.82) is 0 Å². The second-order valence-electron chi connectivity index (χ2n) is 8.92. The van der Waals surface area contributed by atoms with E-state index in [0.717, 1.165) is 27.4 Å². The van der Waals surface area contributed by atoms with Gasteiger partial charge in [0, 0.05) is 16.5 Å². The Morgan fingerprint density at radius 3 is 2.53 bits per heavy atom. The fourth-order valence-corrected chi connectivity index (χ4v) is 4.90. The third kappa shape index (κ3) is 4.88. The molecule has 1 amide bonds. The van der Waals surface area contributed by atoms with Crippen molar-refractivity contribution in [2.24, 2.45) is 0 Å². The fraction of sp³-hybridized carbons (Fsp3) is 0.207. The molecule has 0 bridgehead atoms. The third-order valence-electron chi connectivity index (χ3n) is 5.86. The van der Waals surface area contributed by atoms with Crippen LogP contribution in [0.2, 0.25) is 0 Å². The van der Waals surface area contributed by atoms with Crippen LogP contribution in [0.1, 0.15) is 36.7 Å². The van der Waals surface area contributed by atoms with Crippen molar-refractivity contribution in [1.82, 2.24) is 4.98 Å². The second kappa shape index (κ2) is 9.95. The van der Waals surface area contributed by atoms with Crippen LogP contribution in [-0.4, -0.2) is 29.1 Å². The minimum atomic E-state index is -0.590. The molecule has 2 heterocycles. The smallest absolute Gasteiger partial charge is 0.338 e. The number of nitrogens with zero attached hydrogens (tertiary/aromatic N) is 2. The first-order chi connectivity index (χ1) is 17.4. The lowest BCUT2D eigenvalue weighted by Gasteiger charge is -2.33. The van der Waals surface area contributed by atoms with Crippen molar-refractivity contribution in [3.63, 3.8) is 0 Å². The molecule has 0 radical (unpaired) electrons.